The third kappa shape index (κ3) is 4.39. The summed E-state index contributed by atoms with van der Waals surface area (Å²) in [6.07, 6.45) is 0.527. The molecular formula is C17H18F2N2O3S. The zero-order chi connectivity index (χ0) is 18.6. The molecule has 2 aromatic rings. The van der Waals surface area contributed by atoms with E-state index in [0.29, 0.717) is 45.6 Å². The molecular weight excluding hydrogens is 350 g/mol. The number of hydrogen-bond donors (Lipinski definition) is 2. The van der Waals surface area contributed by atoms with Crippen LogP contribution >= 0.6 is 11.8 Å². The molecule has 8 heteroatoms. The summed E-state index contributed by atoms with van der Waals surface area (Å²) in [5, 5.41) is 2.65. The first-order valence-corrected chi connectivity index (χ1v) is 8.41. The number of amides is 1. The van der Waals surface area contributed by atoms with Crippen LogP contribution in [0, 0.1) is 6.92 Å². The smallest absolute Gasteiger partial charge is 0.339 e. The minimum atomic E-state index is -2.54. The molecule has 2 rings (SSSR count). The van der Waals surface area contributed by atoms with E-state index in [2.05, 4.69) is 10.3 Å². The average Bonchev–Trinajstić information content (AvgIpc) is 2.90. The fraction of sp³-hybridized carbons (Fsp3) is 0.294. The van der Waals surface area contributed by atoms with Crippen molar-refractivity contribution in [3.63, 3.8) is 0 Å². The molecule has 0 saturated heterocycles. The molecule has 1 heterocycles. The average molecular weight is 368 g/mol. The molecule has 2 N–H and O–H groups in total. The molecule has 0 radical (unpaired) electrons. The SMILES string of the molecule is CCc1[nH]c(C(=O)Nc2cccc(SC(F)F)c2)c(C)c1C(=O)OC. The molecule has 5 nitrogen and oxygen atoms in total. The Morgan fingerprint density at radius 3 is 2.68 bits per heavy atom. The maximum Gasteiger partial charge on any atom is 0.339 e. The first-order chi connectivity index (χ1) is 11.9. The highest BCUT2D eigenvalue weighted by Crippen LogP contribution is 2.28. The van der Waals surface area contributed by atoms with Gasteiger partial charge in [0.25, 0.3) is 11.7 Å². The first-order valence-electron chi connectivity index (χ1n) is 7.53. The Morgan fingerprint density at radius 2 is 2.08 bits per heavy atom. The highest BCUT2D eigenvalue weighted by molar-refractivity contribution is 7.99. The van der Waals surface area contributed by atoms with Crippen LogP contribution in [-0.4, -0.2) is 29.7 Å². The number of H-pyrrole nitrogens is 1. The molecule has 0 aliphatic heterocycles. The highest BCUT2D eigenvalue weighted by atomic mass is 32.2. The molecule has 0 saturated carbocycles. The van der Waals surface area contributed by atoms with E-state index >= 15 is 0 Å². The number of ether oxygens (including phenoxy) is 1. The molecule has 1 aromatic carbocycles. The molecule has 0 unspecified atom stereocenters. The molecule has 0 aliphatic rings. The van der Waals surface area contributed by atoms with Crippen LogP contribution in [0.3, 0.4) is 0 Å². The lowest BCUT2D eigenvalue weighted by molar-refractivity contribution is 0.0599. The number of hydrogen-bond acceptors (Lipinski definition) is 4. The number of halogens is 2. The topological polar surface area (TPSA) is 71.2 Å². The van der Waals surface area contributed by atoms with Gasteiger partial charge in [-0.3, -0.25) is 4.79 Å². The van der Waals surface area contributed by atoms with Crippen LogP contribution < -0.4 is 5.32 Å². The maximum absolute atomic E-state index is 12.5. The first kappa shape index (κ1) is 19.0. The predicted octanol–water partition coefficient (Wildman–Crippen LogP) is 4.24. The Labute approximate surface area is 148 Å². The second-order valence-corrected chi connectivity index (χ2v) is 6.25. The highest BCUT2D eigenvalue weighted by Gasteiger charge is 2.23. The number of methoxy groups -OCH3 is 1. The summed E-state index contributed by atoms with van der Waals surface area (Å²) in [6, 6.07) is 6.19. The summed E-state index contributed by atoms with van der Waals surface area (Å²) in [7, 11) is 1.28. The number of benzene rings is 1. The molecule has 1 amide bonds. The van der Waals surface area contributed by atoms with Crippen molar-refractivity contribution >= 4 is 29.3 Å². The number of anilines is 1. The number of esters is 1. The van der Waals surface area contributed by atoms with Crippen LogP contribution in [0.5, 0.6) is 0 Å². The number of aromatic nitrogens is 1. The van der Waals surface area contributed by atoms with E-state index in [-0.39, 0.29) is 5.69 Å². The van der Waals surface area contributed by atoms with E-state index in [1.54, 1.807) is 19.1 Å². The van der Waals surface area contributed by atoms with E-state index in [4.69, 9.17) is 4.74 Å². The standard InChI is InChI=1S/C17H18F2N2O3S/c1-4-12-13(16(23)24-3)9(2)14(21-12)15(22)20-10-6-5-7-11(8-10)25-17(18)19/h5-8,17,21H,4H2,1-3H3,(H,20,22). The molecule has 0 spiro atoms. The third-order valence-electron chi connectivity index (χ3n) is 3.61. The largest absolute Gasteiger partial charge is 0.465 e. The number of alkyl halides is 2. The van der Waals surface area contributed by atoms with Crippen molar-refractivity contribution in [1.29, 1.82) is 0 Å². The number of rotatable bonds is 6. The van der Waals surface area contributed by atoms with Crippen LogP contribution in [0.4, 0.5) is 14.5 Å². The van der Waals surface area contributed by atoms with E-state index in [1.165, 1.54) is 19.2 Å². The van der Waals surface area contributed by atoms with Gasteiger partial charge in [-0.2, -0.15) is 8.78 Å². The molecule has 134 valence electrons. The van der Waals surface area contributed by atoms with Gasteiger partial charge in [-0.25, -0.2) is 4.79 Å². The zero-order valence-corrected chi connectivity index (χ0v) is 14.8. The number of thioether (sulfide) groups is 1. The van der Waals surface area contributed by atoms with Gasteiger partial charge in [-0.05, 0) is 37.1 Å². The minimum Gasteiger partial charge on any atom is -0.465 e. The van der Waals surface area contributed by atoms with Gasteiger partial charge in [-0.15, -0.1) is 0 Å². The predicted molar refractivity (Wildman–Crippen MR) is 92.5 cm³/mol. The fourth-order valence-electron chi connectivity index (χ4n) is 2.47. The van der Waals surface area contributed by atoms with Gasteiger partial charge in [0.2, 0.25) is 0 Å². The number of aryl methyl sites for hydroxylation is 1. The number of carbonyl (C=O) groups is 2. The van der Waals surface area contributed by atoms with Crippen molar-refractivity contribution in [3.8, 4) is 0 Å². The van der Waals surface area contributed by atoms with Crippen molar-refractivity contribution in [1.82, 2.24) is 4.98 Å². The molecule has 0 fully saturated rings. The van der Waals surface area contributed by atoms with E-state index in [1.807, 2.05) is 6.92 Å². The van der Waals surface area contributed by atoms with Crippen LogP contribution in [0.2, 0.25) is 0 Å². The van der Waals surface area contributed by atoms with Gasteiger partial charge in [0, 0.05) is 16.3 Å². The van der Waals surface area contributed by atoms with E-state index in [9.17, 15) is 18.4 Å². The molecule has 0 bridgehead atoms. The molecule has 0 atom stereocenters. The van der Waals surface area contributed by atoms with Crippen molar-refractivity contribution in [2.24, 2.45) is 0 Å². The van der Waals surface area contributed by atoms with Gasteiger partial charge in [-0.1, -0.05) is 24.8 Å². The summed E-state index contributed by atoms with van der Waals surface area (Å²) in [4.78, 5) is 27.7. The van der Waals surface area contributed by atoms with Crippen molar-refractivity contribution in [2.45, 2.75) is 30.9 Å². The van der Waals surface area contributed by atoms with Crippen LogP contribution in [0.1, 0.15) is 39.0 Å². The number of nitrogens with one attached hydrogen (secondary N) is 2. The van der Waals surface area contributed by atoms with E-state index < -0.39 is 17.6 Å². The lowest BCUT2D eigenvalue weighted by Gasteiger charge is -2.07. The van der Waals surface area contributed by atoms with Gasteiger partial charge in [0.05, 0.1) is 12.7 Å². The van der Waals surface area contributed by atoms with Crippen molar-refractivity contribution in [2.75, 3.05) is 12.4 Å². The van der Waals surface area contributed by atoms with Gasteiger partial charge < -0.3 is 15.0 Å². The van der Waals surface area contributed by atoms with Crippen LogP contribution in [-0.2, 0) is 11.2 Å². The monoisotopic (exact) mass is 368 g/mol. The molecule has 0 aliphatic carbocycles. The second-order valence-electron chi connectivity index (χ2n) is 5.18. The second kappa shape index (κ2) is 8.15. The normalized spacial score (nSPS) is 10.8. The molecule has 1 aromatic heterocycles. The fourth-order valence-corrected chi connectivity index (χ4v) is 3.03. The maximum atomic E-state index is 12.5. The lowest BCUT2D eigenvalue weighted by Crippen LogP contribution is -2.14. The minimum absolute atomic E-state index is 0.240. The van der Waals surface area contributed by atoms with E-state index in [0.717, 1.165) is 0 Å². The number of carbonyl (C=O) groups excluding carboxylic acids is 2. The zero-order valence-electron chi connectivity index (χ0n) is 14.0. The van der Waals surface area contributed by atoms with Gasteiger partial charge >= 0.3 is 5.97 Å². The Morgan fingerprint density at radius 1 is 1.36 bits per heavy atom. The van der Waals surface area contributed by atoms with Crippen molar-refractivity contribution in [3.05, 3.63) is 46.8 Å². The Balaban J connectivity index is 2.27. The number of aromatic amines is 1. The summed E-state index contributed by atoms with van der Waals surface area (Å²) in [5.41, 5.74) is 2.07. The lowest BCUT2D eigenvalue weighted by atomic mass is 10.1. The van der Waals surface area contributed by atoms with Crippen molar-refractivity contribution < 1.29 is 23.1 Å². The van der Waals surface area contributed by atoms with Gasteiger partial charge in [0.15, 0.2) is 0 Å². The summed E-state index contributed by atoms with van der Waals surface area (Å²) < 4.78 is 29.7. The summed E-state index contributed by atoms with van der Waals surface area (Å²) in [5.74, 6) is -3.51. The Kier molecular flexibility index (Phi) is 6.19. The van der Waals surface area contributed by atoms with Gasteiger partial charge in [0.1, 0.15) is 5.69 Å². The quantitative estimate of drug-likeness (QED) is 0.591. The van der Waals surface area contributed by atoms with Crippen LogP contribution in [0.15, 0.2) is 29.2 Å². The summed E-state index contributed by atoms with van der Waals surface area (Å²) in [6.45, 7) is 3.50. The summed E-state index contributed by atoms with van der Waals surface area (Å²) >= 11 is 0.402. The Bertz CT molecular complexity index is 790. The Hall–Kier alpha value is -2.35. The van der Waals surface area contributed by atoms with Crippen LogP contribution in [0.25, 0.3) is 0 Å². The molecule has 25 heavy (non-hydrogen) atoms. The third-order valence-corrected chi connectivity index (χ3v) is 4.32.